The third-order valence-electron chi connectivity index (χ3n) is 4.05. The first-order valence-corrected chi connectivity index (χ1v) is 8.63. The lowest BCUT2D eigenvalue weighted by atomic mass is 10.2. The van der Waals surface area contributed by atoms with E-state index in [1.54, 1.807) is 31.5 Å². The molecule has 1 aromatic carbocycles. The molecule has 0 atom stereocenters. The molecule has 0 saturated heterocycles. The minimum atomic E-state index is -0.395. The summed E-state index contributed by atoms with van der Waals surface area (Å²) in [5.41, 5.74) is 2.43. The topological polar surface area (TPSA) is 81.4 Å². The fraction of sp³-hybridized carbons (Fsp3) is 0.167. The van der Waals surface area contributed by atoms with Gasteiger partial charge < -0.3 is 5.32 Å². The van der Waals surface area contributed by atoms with Crippen LogP contribution >= 0.6 is 11.6 Å². The highest BCUT2D eigenvalue weighted by Crippen LogP contribution is 2.23. The molecule has 0 radical (unpaired) electrons. The number of pyridine rings is 1. The summed E-state index contributed by atoms with van der Waals surface area (Å²) < 4.78 is 15.6. The van der Waals surface area contributed by atoms with Crippen molar-refractivity contribution in [2.45, 2.75) is 20.0 Å². The lowest BCUT2D eigenvalue weighted by Crippen LogP contribution is -2.07. The maximum atomic E-state index is 14.1. The molecular formula is C18H15ClFN7. The van der Waals surface area contributed by atoms with Crippen LogP contribution in [0.2, 0.25) is 5.02 Å². The van der Waals surface area contributed by atoms with Crippen LogP contribution in [0.5, 0.6) is 0 Å². The van der Waals surface area contributed by atoms with Gasteiger partial charge in [-0.15, -0.1) is 5.10 Å². The second-order valence-corrected chi connectivity index (χ2v) is 6.36. The Labute approximate surface area is 159 Å². The number of nitrogens with zero attached hydrogens (tertiary/aromatic N) is 6. The van der Waals surface area contributed by atoms with Crippen molar-refractivity contribution >= 4 is 28.6 Å². The van der Waals surface area contributed by atoms with E-state index in [4.69, 9.17) is 11.6 Å². The Morgan fingerprint density at radius 1 is 1.15 bits per heavy atom. The highest BCUT2D eigenvalue weighted by Gasteiger charge is 2.16. The smallest absolute Gasteiger partial charge is 0.184 e. The van der Waals surface area contributed by atoms with Crippen molar-refractivity contribution in [2.24, 2.45) is 0 Å². The molecule has 136 valence electrons. The standard InChI is InChI=1S/C18H15ClFN7/c1-11-23-17(22-9-12-5-7-21-8-6-12)16-18(24-11)27(26-25-16)10-13-14(19)3-2-4-15(13)20/h2-8H,9-10H2,1H3,(H,22,23,24). The Morgan fingerprint density at radius 3 is 2.74 bits per heavy atom. The zero-order valence-corrected chi connectivity index (χ0v) is 15.2. The molecule has 1 N–H and O–H groups in total. The third-order valence-corrected chi connectivity index (χ3v) is 4.41. The summed E-state index contributed by atoms with van der Waals surface area (Å²) in [6.45, 7) is 2.47. The molecule has 3 aromatic heterocycles. The first-order chi connectivity index (χ1) is 13.1. The Kier molecular flexibility index (Phi) is 4.64. The van der Waals surface area contributed by atoms with Crippen molar-refractivity contribution in [1.29, 1.82) is 0 Å². The van der Waals surface area contributed by atoms with Crippen LogP contribution in [0, 0.1) is 12.7 Å². The van der Waals surface area contributed by atoms with Crippen LogP contribution in [0.25, 0.3) is 11.2 Å². The fourth-order valence-electron chi connectivity index (χ4n) is 2.71. The average Bonchev–Trinajstić information content (AvgIpc) is 3.06. The molecule has 0 aliphatic carbocycles. The molecule has 4 rings (SSSR count). The quantitative estimate of drug-likeness (QED) is 0.569. The Balaban J connectivity index is 1.67. The van der Waals surface area contributed by atoms with E-state index in [1.165, 1.54) is 10.7 Å². The Bertz CT molecular complexity index is 1080. The van der Waals surface area contributed by atoms with Crippen LogP contribution in [0.15, 0.2) is 42.7 Å². The van der Waals surface area contributed by atoms with E-state index in [2.05, 4.69) is 30.6 Å². The molecule has 0 unspecified atom stereocenters. The fourth-order valence-corrected chi connectivity index (χ4v) is 2.94. The van der Waals surface area contributed by atoms with Gasteiger partial charge in [-0.2, -0.15) is 0 Å². The molecule has 9 heteroatoms. The third kappa shape index (κ3) is 3.56. The number of aryl methyl sites for hydroxylation is 1. The van der Waals surface area contributed by atoms with Gasteiger partial charge in [-0.3, -0.25) is 4.98 Å². The van der Waals surface area contributed by atoms with Crippen molar-refractivity contribution in [3.05, 3.63) is 70.5 Å². The van der Waals surface area contributed by atoms with Gasteiger partial charge in [-0.05, 0) is 36.8 Å². The summed E-state index contributed by atoms with van der Waals surface area (Å²) in [5.74, 6) is 0.732. The van der Waals surface area contributed by atoms with Crippen molar-refractivity contribution in [3.8, 4) is 0 Å². The zero-order chi connectivity index (χ0) is 18.8. The van der Waals surface area contributed by atoms with Gasteiger partial charge in [0.25, 0.3) is 0 Å². The lowest BCUT2D eigenvalue weighted by Gasteiger charge is -2.08. The van der Waals surface area contributed by atoms with E-state index < -0.39 is 5.82 Å². The van der Waals surface area contributed by atoms with Crippen LogP contribution in [-0.2, 0) is 13.1 Å². The average molecular weight is 384 g/mol. The maximum absolute atomic E-state index is 14.1. The number of hydrogen-bond acceptors (Lipinski definition) is 6. The zero-order valence-electron chi connectivity index (χ0n) is 14.4. The van der Waals surface area contributed by atoms with Crippen molar-refractivity contribution in [1.82, 2.24) is 29.9 Å². The van der Waals surface area contributed by atoms with Gasteiger partial charge in [-0.1, -0.05) is 22.9 Å². The van der Waals surface area contributed by atoms with E-state index in [9.17, 15) is 4.39 Å². The van der Waals surface area contributed by atoms with Gasteiger partial charge in [0.05, 0.1) is 6.54 Å². The second-order valence-electron chi connectivity index (χ2n) is 5.95. The van der Waals surface area contributed by atoms with Crippen LogP contribution in [-0.4, -0.2) is 29.9 Å². The molecule has 27 heavy (non-hydrogen) atoms. The summed E-state index contributed by atoms with van der Waals surface area (Å²) in [6.07, 6.45) is 3.46. The number of benzene rings is 1. The summed E-state index contributed by atoms with van der Waals surface area (Å²) in [7, 11) is 0. The predicted octanol–water partition coefficient (Wildman–Crippen LogP) is 3.38. The van der Waals surface area contributed by atoms with Gasteiger partial charge in [0.1, 0.15) is 11.6 Å². The Morgan fingerprint density at radius 2 is 1.96 bits per heavy atom. The van der Waals surface area contributed by atoms with Gasteiger partial charge in [-0.25, -0.2) is 19.0 Å². The molecule has 0 spiro atoms. The number of fused-ring (bicyclic) bond motifs is 1. The van der Waals surface area contributed by atoms with Gasteiger partial charge in [0, 0.05) is 29.5 Å². The van der Waals surface area contributed by atoms with Crippen LogP contribution in [0.1, 0.15) is 17.0 Å². The Hall–Kier alpha value is -3.13. The number of anilines is 1. The number of halogens is 2. The minimum absolute atomic E-state index is 0.127. The first-order valence-electron chi connectivity index (χ1n) is 8.25. The summed E-state index contributed by atoms with van der Waals surface area (Å²) in [5, 5.41) is 11.9. The van der Waals surface area contributed by atoms with Gasteiger partial charge >= 0.3 is 0 Å². The number of nitrogens with one attached hydrogen (secondary N) is 1. The van der Waals surface area contributed by atoms with Crippen LogP contribution in [0.4, 0.5) is 10.2 Å². The summed E-state index contributed by atoms with van der Waals surface area (Å²) in [4.78, 5) is 12.8. The summed E-state index contributed by atoms with van der Waals surface area (Å²) in [6, 6.07) is 8.39. The minimum Gasteiger partial charge on any atom is -0.364 e. The monoisotopic (exact) mass is 383 g/mol. The van der Waals surface area contributed by atoms with Crippen molar-refractivity contribution in [3.63, 3.8) is 0 Å². The van der Waals surface area contributed by atoms with E-state index in [1.807, 2.05) is 12.1 Å². The molecule has 0 aliphatic rings. The molecule has 0 bridgehead atoms. The number of aromatic nitrogens is 6. The SMILES string of the molecule is Cc1nc(NCc2ccncc2)c2nnn(Cc3c(F)cccc3Cl)c2n1. The highest BCUT2D eigenvalue weighted by molar-refractivity contribution is 6.31. The van der Waals surface area contributed by atoms with Crippen LogP contribution in [0.3, 0.4) is 0 Å². The number of rotatable bonds is 5. The van der Waals surface area contributed by atoms with Crippen molar-refractivity contribution in [2.75, 3.05) is 5.32 Å². The molecule has 0 saturated carbocycles. The molecule has 0 aliphatic heterocycles. The molecule has 0 amide bonds. The molecule has 0 fully saturated rings. The maximum Gasteiger partial charge on any atom is 0.184 e. The molecular weight excluding hydrogens is 369 g/mol. The van der Waals surface area contributed by atoms with E-state index in [0.29, 0.717) is 39.9 Å². The molecule has 4 aromatic rings. The normalized spacial score (nSPS) is 11.1. The van der Waals surface area contributed by atoms with Crippen molar-refractivity contribution < 1.29 is 4.39 Å². The summed E-state index contributed by atoms with van der Waals surface area (Å²) >= 11 is 6.13. The molecule has 7 nitrogen and oxygen atoms in total. The molecule has 3 heterocycles. The number of hydrogen-bond donors (Lipinski definition) is 1. The predicted molar refractivity (Wildman–Crippen MR) is 99.9 cm³/mol. The van der Waals surface area contributed by atoms with Gasteiger partial charge in [0.15, 0.2) is 17.0 Å². The lowest BCUT2D eigenvalue weighted by molar-refractivity contribution is 0.582. The largest absolute Gasteiger partial charge is 0.364 e. The van der Waals surface area contributed by atoms with E-state index in [0.717, 1.165) is 5.56 Å². The second kappa shape index (κ2) is 7.24. The van der Waals surface area contributed by atoms with Crippen LogP contribution < -0.4 is 5.32 Å². The van der Waals surface area contributed by atoms with E-state index >= 15 is 0 Å². The van der Waals surface area contributed by atoms with Gasteiger partial charge in [0.2, 0.25) is 0 Å². The van der Waals surface area contributed by atoms with E-state index in [-0.39, 0.29) is 6.54 Å². The first kappa shape index (κ1) is 17.3. The highest BCUT2D eigenvalue weighted by atomic mass is 35.5.